The Bertz CT molecular complexity index is 451. The summed E-state index contributed by atoms with van der Waals surface area (Å²) in [6, 6.07) is 9.70. The molecule has 0 amide bonds. The zero-order valence-corrected chi connectivity index (χ0v) is 12.0. The first-order valence-corrected chi connectivity index (χ1v) is 6.74. The van der Waals surface area contributed by atoms with E-state index >= 15 is 0 Å². The maximum Gasteiger partial charge on any atom is 0.342 e. The molecule has 2 nitrogen and oxygen atoms in total. The van der Waals surface area contributed by atoms with E-state index in [1.54, 1.807) is 6.08 Å². The minimum Gasteiger partial charge on any atom is -0.457 e. The zero-order chi connectivity index (χ0) is 14.1. The first-order chi connectivity index (χ1) is 9.13. The Morgan fingerprint density at radius 2 is 2.00 bits per heavy atom. The molecule has 0 aromatic heterocycles. The molecule has 0 heterocycles. The van der Waals surface area contributed by atoms with Gasteiger partial charge in [-0.05, 0) is 37.3 Å². The van der Waals surface area contributed by atoms with Crippen molar-refractivity contribution in [2.45, 2.75) is 40.2 Å². The predicted molar refractivity (Wildman–Crippen MR) is 77.6 cm³/mol. The number of carbonyl (C=O) groups is 1. The van der Waals surface area contributed by atoms with Crippen molar-refractivity contribution in [1.29, 1.82) is 0 Å². The summed E-state index contributed by atoms with van der Waals surface area (Å²) in [5.41, 5.74) is 4.62. The first kappa shape index (κ1) is 15.3. The molecule has 0 bridgehead atoms. The molecule has 0 unspecified atom stereocenters. The molecule has 19 heavy (non-hydrogen) atoms. The van der Waals surface area contributed by atoms with Gasteiger partial charge in [-0.2, -0.15) is 0 Å². The molecule has 0 saturated heterocycles. The molecular weight excluding hydrogens is 236 g/mol. The number of ether oxygens (including phenoxy) is 1. The first-order valence-electron chi connectivity index (χ1n) is 6.74. The minimum absolute atomic E-state index is 0.261. The van der Waals surface area contributed by atoms with E-state index in [0.29, 0.717) is 18.1 Å². The van der Waals surface area contributed by atoms with Gasteiger partial charge in [-0.1, -0.05) is 44.2 Å². The fourth-order valence-corrected chi connectivity index (χ4v) is 1.65. The smallest absolute Gasteiger partial charge is 0.342 e. The van der Waals surface area contributed by atoms with Crippen LogP contribution in [0.1, 0.15) is 39.2 Å². The summed E-state index contributed by atoms with van der Waals surface area (Å²) < 4.78 is 5.32. The third-order valence-electron chi connectivity index (χ3n) is 2.75. The van der Waals surface area contributed by atoms with E-state index in [4.69, 9.17) is 4.74 Å². The lowest BCUT2D eigenvalue weighted by Crippen LogP contribution is -2.08. The monoisotopic (exact) mass is 258 g/mol. The lowest BCUT2D eigenvalue weighted by molar-refractivity contribution is -0.140. The summed E-state index contributed by atoms with van der Waals surface area (Å²) in [6.07, 6.45) is 3.45. The van der Waals surface area contributed by atoms with Crippen LogP contribution in [0.25, 0.3) is 0 Å². The molecule has 0 saturated carbocycles. The van der Waals surface area contributed by atoms with Crippen LogP contribution in [0.4, 0.5) is 0 Å². The third kappa shape index (κ3) is 6.08. The van der Waals surface area contributed by atoms with Crippen molar-refractivity contribution in [2.24, 2.45) is 5.92 Å². The molecule has 0 aliphatic rings. The van der Waals surface area contributed by atoms with Crippen LogP contribution >= 0.6 is 0 Å². The highest BCUT2D eigenvalue weighted by molar-refractivity contribution is 5.88. The van der Waals surface area contributed by atoms with Gasteiger partial charge in [-0.25, -0.2) is 4.79 Å². The molecule has 0 fully saturated rings. The van der Waals surface area contributed by atoms with Crippen LogP contribution in [0.15, 0.2) is 47.7 Å². The van der Waals surface area contributed by atoms with Gasteiger partial charge in [-0.15, -0.1) is 5.73 Å². The number of hydrogen-bond donors (Lipinski definition) is 0. The molecule has 1 rings (SSSR count). The lowest BCUT2D eigenvalue weighted by Gasteiger charge is -2.08. The molecular formula is C17H22O2. The Labute approximate surface area is 115 Å². The summed E-state index contributed by atoms with van der Waals surface area (Å²) >= 11 is 0. The van der Waals surface area contributed by atoms with Crippen LogP contribution in [0.2, 0.25) is 0 Å². The Hall–Kier alpha value is -1.79. The second kappa shape index (κ2) is 8.34. The summed E-state index contributed by atoms with van der Waals surface area (Å²) in [4.78, 5) is 12.0. The largest absolute Gasteiger partial charge is 0.457 e. The molecule has 0 spiro atoms. The molecule has 0 aliphatic heterocycles. The fraction of sp³-hybridized carbons (Fsp3) is 0.412. The van der Waals surface area contributed by atoms with Crippen molar-refractivity contribution in [3.63, 3.8) is 0 Å². The molecule has 0 N–H and O–H groups in total. The standard InChI is InChI=1S/C17H22O2/c1-4-8-16(12-11-14(2)3)17(18)19-13-15-9-6-5-7-10-15/h4-7,9-10,14H,11-13H2,1-3H3. The normalized spacial score (nSPS) is 9.89. The summed E-state index contributed by atoms with van der Waals surface area (Å²) in [6.45, 7) is 6.46. The van der Waals surface area contributed by atoms with E-state index in [0.717, 1.165) is 18.4 Å². The summed E-state index contributed by atoms with van der Waals surface area (Å²) in [5, 5.41) is 0. The zero-order valence-electron chi connectivity index (χ0n) is 12.0. The Kier molecular flexibility index (Phi) is 6.70. The van der Waals surface area contributed by atoms with Gasteiger partial charge in [0, 0.05) is 0 Å². The topological polar surface area (TPSA) is 26.3 Å². The van der Waals surface area contributed by atoms with Crippen LogP contribution in [-0.4, -0.2) is 5.97 Å². The molecule has 102 valence electrons. The van der Waals surface area contributed by atoms with Gasteiger partial charge in [0.2, 0.25) is 0 Å². The van der Waals surface area contributed by atoms with Gasteiger partial charge in [0.05, 0.1) is 5.57 Å². The van der Waals surface area contributed by atoms with Gasteiger partial charge in [0.15, 0.2) is 0 Å². The van der Waals surface area contributed by atoms with Gasteiger partial charge >= 0.3 is 5.97 Å². The maximum absolute atomic E-state index is 12.0. The van der Waals surface area contributed by atoms with Crippen molar-refractivity contribution in [2.75, 3.05) is 0 Å². The summed E-state index contributed by atoms with van der Waals surface area (Å²) in [7, 11) is 0. The van der Waals surface area contributed by atoms with Gasteiger partial charge in [0.1, 0.15) is 6.61 Å². The van der Waals surface area contributed by atoms with Crippen LogP contribution < -0.4 is 0 Å². The van der Waals surface area contributed by atoms with E-state index in [2.05, 4.69) is 19.6 Å². The Balaban J connectivity index is 2.56. The quantitative estimate of drug-likeness (QED) is 0.433. The molecule has 0 radical (unpaired) electrons. The molecule has 1 aromatic rings. The predicted octanol–water partition coefficient (Wildman–Crippen LogP) is 4.27. The SMILES string of the molecule is CC=C=C(CCC(C)C)C(=O)OCc1ccccc1. The van der Waals surface area contributed by atoms with Crippen LogP contribution in [0.3, 0.4) is 0 Å². The van der Waals surface area contributed by atoms with E-state index in [1.807, 2.05) is 37.3 Å². The Morgan fingerprint density at radius 3 is 2.58 bits per heavy atom. The third-order valence-corrected chi connectivity index (χ3v) is 2.75. The van der Waals surface area contributed by atoms with Crippen molar-refractivity contribution in [3.8, 4) is 0 Å². The van der Waals surface area contributed by atoms with Gasteiger partial charge in [0.25, 0.3) is 0 Å². The molecule has 0 atom stereocenters. The lowest BCUT2D eigenvalue weighted by atomic mass is 10.0. The highest BCUT2D eigenvalue weighted by Crippen LogP contribution is 2.13. The van der Waals surface area contributed by atoms with Crippen LogP contribution in [-0.2, 0) is 16.1 Å². The van der Waals surface area contributed by atoms with Crippen molar-refractivity contribution in [3.05, 3.63) is 53.3 Å². The highest BCUT2D eigenvalue weighted by atomic mass is 16.5. The van der Waals surface area contributed by atoms with E-state index < -0.39 is 0 Å². The number of rotatable bonds is 6. The van der Waals surface area contributed by atoms with Gasteiger partial charge in [-0.3, -0.25) is 0 Å². The van der Waals surface area contributed by atoms with Crippen molar-refractivity contribution < 1.29 is 9.53 Å². The van der Waals surface area contributed by atoms with Crippen LogP contribution in [0.5, 0.6) is 0 Å². The van der Waals surface area contributed by atoms with E-state index in [9.17, 15) is 4.79 Å². The minimum atomic E-state index is -0.261. The molecule has 0 aliphatic carbocycles. The average Bonchev–Trinajstić information content (AvgIpc) is 2.41. The maximum atomic E-state index is 12.0. The van der Waals surface area contributed by atoms with Crippen molar-refractivity contribution in [1.82, 2.24) is 0 Å². The Morgan fingerprint density at radius 1 is 1.32 bits per heavy atom. The highest BCUT2D eigenvalue weighted by Gasteiger charge is 2.11. The number of hydrogen-bond acceptors (Lipinski definition) is 2. The number of carbonyl (C=O) groups excluding carboxylic acids is 1. The second-order valence-electron chi connectivity index (χ2n) is 4.91. The van der Waals surface area contributed by atoms with E-state index in [1.165, 1.54) is 0 Å². The fourth-order valence-electron chi connectivity index (χ4n) is 1.65. The second-order valence-corrected chi connectivity index (χ2v) is 4.91. The average molecular weight is 258 g/mol. The molecule has 2 heteroatoms. The number of esters is 1. The molecule has 1 aromatic carbocycles. The van der Waals surface area contributed by atoms with Gasteiger partial charge < -0.3 is 4.74 Å². The number of benzene rings is 1. The van der Waals surface area contributed by atoms with Crippen molar-refractivity contribution >= 4 is 5.97 Å². The van der Waals surface area contributed by atoms with E-state index in [-0.39, 0.29) is 5.97 Å². The van der Waals surface area contributed by atoms with Crippen LogP contribution in [0, 0.1) is 5.92 Å². The summed E-state index contributed by atoms with van der Waals surface area (Å²) in [5.74, 6) is 0.304.